The predicted octanol–water partition coefficient (Wildman–Crippen LogP) is 1.71. The first-order valence-electron chi connectivity index (χ1n) is 8.66. The minimum atomic E-state index is -1.50. The van der Waals surface area contributed by atoms with Gasteiger partial charge in [-0.1, -0.05) is 38.0 Å². The molecule has 3 rings (SSSR count). The van der Waals surface area contributed by atoms with Crippen LogP contribution in [0.3, 0.4) is 0 Å². The van der Waals surface area contributed by atoms with E-state index in [1.165, 1.54) is 12.3 Å². The molecule has 7 nitrogen and oxygen atoms in total. The molecule has 140 valence electrons. The van der Waals surface area contributed by atoms with Crippen molar-refractivity contribution in [1.29, 1.82) is 0 Å². The Bertz CT molecular complexity index is 988. The smallest absolute Gasteiger partial charge is 0.339 e. The van der Waals surface area contributed by atoms with Crippen LogP contribution in [0.25, 0.3) is 0 Å². The van der Waals surface area contributed by atoms with E-state index in [9.17, 15) is 14.4 Å². The number of benzene rings is 1. The molecule has 1 aliphatic heterocycles. The van der Waals surface area contributed by atoms with Gasteiger partial charge in [0.2, 0.25) is 5.60 Å². The van der Waals surface area contributed by atoms with Crippen LogP contribution in [-0.2, 0) is 9.47 Å². The molecule has 1 unspecified atom stereocenters. The van der Waals surface area contributed by atoms with Gasteiger partial charge in [-0.15, -0.1) is 6.42 Å². The summed E-state index contributed by atoms with van der Waals surface area (Å²) >= 11 is 0. The number of aromatic amines is 1. The molecule has 0 radical (unpaired) electrons. The zero-order valence-electron chi connectivity index (χ0n) is 15.0. The van der Waals surface area contributed by atoms with E-state index in [0.717, 1.165) is 4.57 Å². The van der Waals surface area contributed by atoms with Crippen LogP contribution >= 0.6 is 0 Å². The molecule has 0 spiro atoms. The first-order chi connectivity index (χ1) is 12.9. The molecule has 0 amide bonds. The third kappa shape index (κ3) is 3.20. The third-order valence-corrected chi connectivity index (χ3v) is 4.91. The van der Waals surface area contributed by atoms with Gasteiger partial charge in [0, 0.05) is 18.2 Å². The Morgan fingerprint density at radius 2 is 2.04 bits per heavy atom. The lowest BCUT2D eigenvalue weighted by atomic mass is 9.85. The maximum Gasteiger partial charge on any atom is 0.339 e. The molecular weight excluding hydrogens is 348 g/mol. The lowest BCUT2D eigenvalue weighted by Gasteiger charge is -2.32. The van der Waals surface area contributed by atoms with Crippen LogP contribution in [0.4, 0.5) is 0 Å². The number of nitrogens with one attached hydrogen (secondary N) is 1. The molecule has 4 atom stereocenters. The number of terminal acetylenes is 1. The highest BCUT2D eigenvalue weighted by molar-refractivity contribution is 5.89. The van der Waals surface area contributed by atoms with Gasteiger partial charge in [0.05, 0.1) is 11.7 Å². The maximum absolute atomic E-state index is 12.7. The number of esters is 1. The third-order valence-electron chi connectivity index (χ3n) is 4.91. The van der Waals surface area contributed by atoms with Gasteiger partial charge in [-0.05, 0) is 18.6 Å². The number of carbonyl (C=O) groups is 1. The Morgan fingerprint density at radius 1 is 1.33 bits per heavy atom. The molecule has 0 saturated carbocycles. The minimum Gasteiger partial charge on any atom is -0.437 e. The fourth-order valence-corrected chi connectivity index (χ4v) is 3.38. The molecule has 1 aromatic heterocycles. The standard InChI is InChI=1S/C20H20N2O5/c1-4-15-13(3)20(5-2,27-17(24)14-9-7-6-8-10-14)18(26-15)22-12-11-16(23)21-19(22)25/h2,6-13,15,18H,4H2,1,3H3,(H,21,23,25)/t13-,15-,18?,20-/m1/s1. The summed E-state index contributed by atoms with van der Waals surface area (Å²) in [6.45, 7) is 3.74. The van der Waals surface area contributed by atoms with E-state index >= 15 is 0 Å². The number of aromatic nitrogens is 2. The maximum atomic E-state index is 12.7. The van der Waals surface area contributed by atoms with Crippen LogP contribution < -0.4 is 11.2 Å². The quantitative estimate of drug-likeness (QED) is 0.655. The van der Waals surface area contributed by atoms with Gasteiger partial charge < -0.3 is 9.47 Å². The number of hydrogen-bond acceptors (Lipinski definition) is 5. The Morgan fingerprint density at radius 3 is 2.63 bits per heavy atom. The summed E-state index contributed by atoms with van der Waals surface area (Å²) in [4.78, 5) is 38.6. The van der Waals surface area contributed by atoms with Gasteiger partial charge in [-0.25, -0.2) is 9.59 Å². The van der Waals surface area contributed by atoms with E-state index in [0.29, 0.717) is 12.0 Å². The fraction of sp³-hybridized carbons (Fsp3) is 0.350. The van der Waals surface area contributed by atoms with Crippen LogP contribution in [0.15, 0.2) is 52.2 Å². The van der Waals surface area contributed by atoms with Gasteiger partial charge in [-0.2, -0.15) is 0 Å². The largest absolute Gasteiger partial charge is 0.437 e. The first-order valence-corrected chi connectivity index (χ1v) is 8.66. The number of nitrogens with zero attached hydrogens (tertiary/aromatic N) is 1. The Balaban J connectivity index is 2.07. The van der Waals surface area contributed by atoms with E-state index in [1.54, 1.807) is 30.3 Å². The number of ether oxygens (including phenoxy) is 2. The van der Waals surface area contributed by atoms with Crippen LogP contribution in [-0.4, -0.2) is 27.2 Å². The molecule has 1 N–H and O–H groups in total. The summed E-state index contributed by atoms with van der Waals surface area (Å²) in [6.07, 6.45) is 6.34. The van der Waals surface area contributed by atoms with Crippen molar-refractivity contribution in [1.82, 2.24) is 9.55 Å². The summed E-state index contributed by atoms with van der Waals surface area (Å²) in [7, 11) is 0. The molecule has 2 heterocycles. The Labute approximate surface area is 155 Å². The molecule has 1 fully saturated rings. The van der Waals surface area contributed by atoms with Crippen molar-refractivity contribution in [2.45, 2.75) is 38.2 Å². The number of rotatable bonds is 4. The number of carbonyl (C=O) groups excluding carboxylic acids is 1. The summed E-state index contributed by atoms with van der Waals surface area (Å²) in [5.41, 5.74) is -2.39. The second kappa shape index (κ2) is 7.25. The molecule has 27 heavy (non-hydrogen) atoms. The van der Waals surface area contributed by atoms with E-state index < -0.39 is 29.0 Å². The SMILES string of the molecule is C#C[C@]1(OC(=O)c2ccccc2)C(n2ccc(=O)[nH]c2=O)O[C@H](CC)[C@H]1C. The minimum absolute atomic E-state index is 0.326. The number of hydrogen-bond donors (Lipinski definition) is 1. The zero-order valence-corrected chi connectivity index (χ0v) is 15.0. The summed E-state index contributed by atoms with van der Waals surface area (Å²) < 4.78 is 12.9. The molecule has 0 bridgehead atoms. The highest BCUT2D eigenvalue weighted by Gasteiger charge is 2.57. The average Bonchev–Trinajstić information content (AvgIpc) is 2.94. The lowest BCUT2D eigenvalue weighted by molar-refractivity contribution is -0.0791. The average molecular weight is 368 g/mol. The van der Waals surface area contributed by atoms with Crippen molar-refractivity contribution >= 4 is 5.97 Å². The van der Waals surface area contributed by atoms with Crippen LogP contribution in [0, 0.1) is 18.3 Å². The van der Waals surface area contributed by atoms with Gasteiger partial charge in [0.1, 0.15) is 0 Å². The van der Waals surface area contributed by atoms with Crippen molar-refractivity contribution in [3.63, 3.8) is 0 Å². The van der Waals surface area contributed by atoms with Gasteiger partial charge in [-0.3, -0.25) is 14.3 Å². The molecular formula is C20H20N2O5. The van der Waals surface area contributed by atoms with Crippen LogP contribution in [0.5, 0.6) is 0 Å². The normalized spacial score (nSPS) is 27.1. The van der Waals surface area contributed by atoms with E-state index in [-0.39, 0.29) is 12.0 Å². The zero-order chi connectivity index (χ0) is 19.6. The van der Waals surface area contributed by atoms with Crippen LogP contribution in [0.2, 0.25) is 0 Å². The van der Waals surface area contributed by atoms with Gasteiger partial charge in [0.15, 0.2) is 6.23 Å². The Kier molecular flexibility index (Phi) is 5.02. The van der Waals surface area contributed by atoms with E-state index in [4.69, 9.17) is 15.9 Å². The number of H-pyrrole nitrogens is 1. The molecule has 0 aliphatic carbocycles. The van der Waals surface area contributed by atoms with Crippen LogP contribution in [0.1, 0.15) is 36.9 Å². The summed E-state index contributed by atoms with van der Waals surface area (Å²) in [6, 6.07) is 9.63. The van der Waals surface area contributed by atoms with Crippen molar-refractivity contribution < 1.29 is 14.3 Å². The molecule has 1 saturated heterocycles. The molecule has 1 aliphatic rings. The van der Waals surface area contributed by atoms with E-state index in [2.05, 4.69) is 10.9 Å². The monoisotopic (exact) mass is 368 g/mol. The molecule has 2 aromatic rings. The molecule has 7 heteroatoms. The Hall–Kier alpha value is -3.11. The van der Waals surface area contributed by atoms with Crippen molar-refractivity contribution in [2.75, 3.05) is 0 Å². The van der Waals surface area contributed by atoms with Crippen molar-refractivity contribution in [3.05, 3.63) is 69.0 Å². The van der Waals surface area contributed by atoms with Crippen molar-refractivity contribution in [3.8, 4) is 12.3 Å². The van der Waals surface area contributed by atoms with Gasteiger partial charge in [0.25, 0.3) is 5.56 Å². The first kappa shape index (κ1) is 18.7. The second-order valence-electron chi connectivity index (χ2n) is 6.43. The molecule has 1 aromatic carbocycles. The summed E-state index contributed by atoms with van der Waals surface area (Å²) in [5.74, 6) is 1.58. The van der Waals surface area contributed by atoms with E-state index in [1.807, 2.05) is 13.8 Å². The predicted molar refractivity (Wildman–Crippen MR) is 98.1 cm³/mol. The topological polar surface area (TPSA) is 90.4 Å². The van der Waals surface area contributed by atoms with Gasteiger partial charge >= 0.3 is 11.7 Å². The highest BCUT2D eigenvalue weighted by atomic mass is 16.6. The fourth-order valence-electron chi connectivity index (χ4n) is 3.38. The lowest BCUT2D eigenvalue weighted by Crippen LogP contribution is -2.47. The second-order valence-corrected chi connectivity index (χ2v) is 6.43. The summed E-state index contributed by atoms with van der Waals surface area (Å²) in [5, 5.41) is 0. The highest BCUT2D eigenvalue weighted by Crippen LogP contribution is 2.45. The van der Waals surface area contributed by atoms with Crippen molar-refractivity contribution in [2.24, 2.45) is 5.92 Å².